The molecular weight excluding hydrogens is 538 g/mol. The average molecular weight is 584 g/mol. The Kier molecular flexibility index (Phi) is 9.76. The van der Waals surface area contributed by atoms with Gasteiger partial charge in [0.25, 0.3) is 11.8 Å². The Hall–Kier alpha value is -2.56. The van der Waals surface area contributed by atoms with Gasteiger partial charge in [-0.1, -0.05) is 52.0 Å². The molecule has 5 atom stereocenters. The molecule has 1 fully saturated rings. The molecule has 2 aliphatic heterocycles. The molecule has 41 heavy (non-hydrogen) atoms. The maximum absolute atomic E-state index is 13.2. The van der Waals surface area contributed by atoms with Crippen LogP contribution in [0.1, 0.15) is 60.4 Å². The van der Waals surface area contributed by atoms with E-state index in [4.69, 9.17) is 18.6 Å². The van der Waals surface area contributed by atoms with E-state index in [0.29, 0.717) is 30.8 Å². The van der Waals surface area contributed by atoms with Gasteiger partial charge in [-0.05, 0) is 53.9 Å². The van der Waals surface area contributed by atoms with Crippen LogP contribution in [0.5, 0.6) is 5.75 Å². The Bertz CT molecular complexity index is 1170. The molecule has 0 bridgehead atoms. The van der Waals surface area contributed by atoms with E-state index in [1.54, 1.807) is 31.4 Å². The van der Waals surface area contributed by atoms with Crippen molar-refractivity contribution < 1.29 is 33.3 Å². The van der Waals surface area contributed by atoms with Gasteiger partial charge in [0.1, 0.15) is 5.75 Å². The molecule has 4 rings (SSSR count). The third kappa shape index (κ3) is 6.92. The van der Waals surface area contributed by atoms with Crippen molar-refractivity contribution in [1.29, 1.82) is 0 Å². The lowest BCUT2D eigenvalue weighted by atomic mass is 9.87. The molecule has 1 saturated heterocycles. The lowest BCUT2D eigenvalue weighted by Crippen LogP contribution is -2.49. The van der Waals surface area contributed by atoms with E-state index in [1.165, 1.54) is 4.90 Å². The number of amides is 2. The molecule has 8 nitrogen and oxygen atoms in total. The summed E-state index contributed by atoms with van der Waals surface area (Å²) in [6.07, 6.45) is -0.471. The van der Waals surface area contributed by atoms with Crippen molar-refractivity contribution in [1.82, 2.24) is 4.90 Å². The van der Waals surface area contributed by atoms with Gasteiger partial charge in [-0.3, -0.25) is 14.5 Å². The molecule has 0 aromatic heterocycles. The standard InChI is InChI=1S/C32H45NO7Si/c1-21-27(20-38-19-22-12-14-23(37-5)15-13-22)29(18-34)39-28(21)16-24(40-41(6,7)32(2,3)4)17-33-30(35)25-10-8-9-11-26(25)31(33)36/h8-15,21,24,27-29,34H,16-20H2,1-7H3/t21-,24?,27?,28-,29+/m1/s1. The number of aliphatic hydroxyl groups is 1. The third-order valence-electron chi connectivity index (χ3n) is 9.03. The minimum atomic E-state index is -2.25. The number of hydrogen-bond acceptors (Lipinski definition) is 7. The zero-order valence-corrected chi connectivity index (χ0v) is 26.4. The van der Waals surface area contributed by atoms with E-state index in [1.807, 2.05) is 24.3 Å². The van der Waals surface area contributed by atoms with Gasteiger partial charge in [-0.2, -0.15) is 0 Å². The number of carbonyl (C=O) groups is 2. The maximum Gasteiger partial charge on any atom is 0.261 e. The summed E-state index contributed by atoms with van der Waals surface area (Å²) in [4.78, 5) is 27.7. The van der Waals surface area contributed by atoms with Crippen molar-refractivity contribution in [3.63, 3.8) is 0 Å². The van der Waals surface area contributed by atoms with Crippen LogP contribution in [0.4, 0.5) is 0 Å². The lowest BCUT2D eigenvalue weighted by molar-refractivity contribution is -0.0315. The van der Waals surface area contributed by atoms with Crippen molar-refractivity contribution in [3.8, 4) is 5.75 Å². The molecule has 2 aromatic rings. The number of ether oxygens (including phenoxy) is 3. The molecule has 1 N–H and O–H groups in total. The number of nitrogens with zero attached hydrogens (tertiary/aromatic N) is 1. The van der Waals surface area contributed by atoms with Crippen molar-refractivity contribution in [2.75, 3.05) is 26.9 Å². The first-order chi connectivity index (χ1) is 19.4. The molecule has 2 aliphatic rings. The monoisotopic (exact) mass is 583 g/mol. The van der Waals surface area contributed by atoms with Gasteiger partial charge < -0.3 is 23.7 Å². The van der Waals surface area contributed by atoms with Crippen LogP contribution in [-0.2, 0) is 20.5 Å². The normalized spacial score (nSPS) is 23.7. The summed E-state index contributed by atoms with van der Waals surface area (Å²) in [5.74, 6) is 0.304. The number of benzene rings is 2. The van der Waals surface area contributed by atoms with Crippen LogP contribution in [0.25, 0.3) is 0 Å². The highest BCUT2D eigenvalue weighted by molar-refractivity contribution is 6.74. The van der Waals surface area contributed by atoms with Gasteiger partial charge in [0.2, 0.25) is 0 Å². The first-order valence-corrected chi connectivity index (χ1v) is 17.4. The maximum atomic E-state index is 13.2. The van der Waals surface area contributed by atoms with E-state index in [0.717, 1.165) is 11.3 Å². The van der Waals surface area contributed by atoms with Gasteiger partial charge in [-0.25, -0.2) is 0 Å². The van der Waals surface area contributed by atoms with Crippen LogP contribution >= 0.6 is 0 Å². The molecule has 2 unspecified atom stereocenters. The van der Waals surface area contributed by atoms with Crippen LogP contribution in [-0.4, -0.2) is 75.3 Å². The van der Waals surface area contributed by atoms with Crippen LogP contribution in [0.3, 0.4) is 0 Å². The number of fused-ring (bicyclic) bond motifs is 1. The number of aliphatic hydroxyl groups excluding tert-OH is 1. The third-order valence-corrected chi connectivity index (χ3v) is 13.6. The minimum absolute atomic E-state index is 0.00363. The Labute approximate surface area is 245 Å². The smallest absolute Gasteiger partial charge is 0.261 e. The molecule has 0 aliphatic carbocycles. The lowest BCUT2D eigenvalue weighted by Gasteiger charge is -2.40. The number of methoxy groups -OCH3 is 1. The predicted molar refractivity (Wildman–Crippen MR) is 160 cm³/mol. The van der Waals surface area contributed by atoms with Crippen LogP contribution < -0.4 is 4.74 Å². The quantitative estimate of drug-likeness (QED) is 0.268. The first-order valence-electron chi connectivity index (χ1n) is 14.5. The molecule has 0 spiro atoms. The van der Waals surface area contributed by atoms with E-state index < -0.39 is 14.4 Å². The van der Waals surface area contributed by atoms with Crippen molar-refractivity contribution >= 4 is 20.1 Å². The largest absolute Gasteiger partial charge is 0.497 e. The fraction of sp³-hybridized carbons (Fsp3) is 0.562. The summed E-state index contributed by atoms with van der Waals surface area (Å²) in [6.45, 7) is 13.9. The predicted octanol–water partition coefficient (Wildman–Crippen LogP) is 5.30. The molecule has 9 heteroatoms. The minimum Gasteiger partial charge on any atom is -0.497 e. The second-order valence-electron chi connectivity index (χ2n) is 12.8. The van der Waals surface area contributed by atoms with Gasteiger partial charge in [0.15, 0.2) is 8.32 Å². The van der Waals surface area contributed by atoms with Gasteiger partial charge in [-0.15, -0.1) is 0 Å². The SMILES string of the molecule is COc1ccc(COCC2[C@H](CO)O[C@H](CC(CN3C(=O)c4ccccc4C3=O)O[Si](C)(C)C(C)(C)C)[C@@H]2C)cc1. The van der Waals surface area contributed by atoms with Crippen LogP contribution in [0.15, 0.2) is 48.5 Å². The molecule has 224 valence electrons. The van der Waals surface area contributed by atoms with Gasteiger partial charge in [0, 0.05) is 12.3 Å². The fourth-order valence-electron chi connectivity index (χ4n) is 5.43. The van der Waals surface area contributed by atoms with Crippen molar-refractivity contribution in [3.05, 3.63) is 65.2 Å². The van der Waals surface area contributed by atoms with E-state index in [2.05, 4.69) is 40.8 Å². The topological polar surface area (TPSA) is 94.5 Å². The molecule has 0 radical (unpaired) electrons. The highest BCUT2D eigenvalue weighted by Gasteiger charge is 2.46. The van der Waals surface area contributed by atoms with Crippen LogP contribution in [0.2, 0.25) is 18.1 Å². The zero-order chi connectivity index (χ0) is 29.9. The summed E-state index contributed by atoms with van der Waals surface area (Å²) in [7, 11) is -0.614. The highest BCUT2D eigenvalue weighted by atomic mass is 28.4. The number of imide groups is 1. The van der Waals surface area contributed by atoms with Crippen LogP contribution in [0, 0.1) is 11.8 Å². The Morgan fingerprint density at radius 2 is 1.61 bits per heavy atom. The summed E-state index contributed by atoms with van der Waals surface area (Å²) >= 11 is 0. The van der Waals surface area contributed by atoms with E-state index >= 15 is 0 Å². The molecular formula is C32H45NO7Si. The summed E-state index contributed by atoms with van der Waals surface area (Å²) in [5.41, 5.74) is 1.91. The van der Waals surface area contributed by atoms with E-state index in [-0.39, 0.29) is 54.0 Å². The molecule has 2 heterocycles. The molecule has 2 amide bonds. The molecule has 2 aromatic carbocycles. The highest BCUT2D eigenvalue weighted by Crippen LogP contribution is 2.40. The Balaban J connectivity index is 1.46. The van der Waals surface area contributed by atoms with Crippen molar-refractivity contribution in [2.45, 2.75) is 77.2 Å². The zero-order valence-electron chi connectivity index (χ0n) is 25.4. The van der Waals surface area contributed by atoms with Gasteiger partial charge in [0.05, 0.1) is 62.9 Å². The second-order valence-corrected chi connectivity index (χ2v) is 17.5. The van der Waals surface area contributed by atoms with Crippen molar-refractivity contribution in [2.24, 2.45) is 11.8 Å². The number of carbonyl (C=O) groups excluding carboxylic acids is 2. The fourth-order valence-corrected chi connectivity index (χ4v) is 6.78. The average Bonchev–Trinajstić information content (AvgIpc) is 3.36. The summed E-state index contributed by atoms with van der Waals surface area (Å²) < 4.78 is 24.5. The summed E-state index contributed by atoms with van der Waals surface area (Å²) in [6, 6.07) is 14.7. The summed E-state index contributed by atoms with van der Waals surface area (Å²) in [5, 5.41) is 10.1. The van der Waals surface area contributed by atoms with Gasteiger partial charge >= 0.3 is 0 Å². The molecule has 0 saturated carbocycles. The number of rotatable bonds is 12. The Morgan fingerprint density at radius 1 is 1.00 bits per heavy atom. The Morgan fingerprint density at radius 3 is 2.15 bits per heavy atom. The second kappa shape index (κ2) is 12.7. The first kappa shape index (κ1) is 31.4. The van der Waals surface area contributed by atoms with E-state index in [9.17, 15) is 14.7 Å². The number of hydrogen-bond donors (Lipinski definition) is 1.